The van der Waals surface area contributed by atoms with Gasteiger partial charge in [0.1, 0.15) is 5.82 Å². The van der Waals surface area contributed by atoms with E-state index >= 15 is 0 Å². The number of carboxylic acids is 1. The van der Waals surface area contributed by atoms with Crippen molar-refractivity contribution in [3.05, 3.63) is 71.2 Å². The van der Waals surface area contributed by atoms with E-state index in [4.69, 9.17) is 0 Å². The maximum atomic E-state index is 13.9. The van der Waals surface area contributed by atoms with Crippen molar-refractivity contribution in [1.82, 2.24) is 9.47 Å². The second kappa shape index (κ2) is 7.44. The fourth-order valence-electron chi connectivity index (χ4n) is 5.99. The molecule has 0 radical (unpaired) electrons. The van der Waals surface area contributed by atoms with Crippen molar-refractivity contribution in [3.8, 4) is 0 Å². The number of carbonyl (C=O) groups excluding carboxylic acids is 1. The Labute approximate surface area is 192 Å². The summed E-state index contributed by atoms with van der Waals surface area (Å²) in [5.74, 6) is -1.06. The van der Waals surface area contributed by atoms with Crippen LogP contribution in [0, 0.1) is 11.2 Å². The van der Waals surface area contributed by atoms with Crippen LogP contribution in [0.25, 0.3) is 10.9 Å². The van der Waals surface area contributed by atoms with Crippen LogP contribution in [-0.2, 0) is 34.4 Å². The summed E-state index contributed by atoms with van der Waals surface area (Å²) < 4.78 is 15.8. The van der Waals surface area contributed by atoms with Crippen LogP contribution in [0.2, 0.25) is 0 Å². The highest BCUT2D eigenvalue weighted by molar-refractivity contribution is 5.93. The Balaban J connectivity index is 1.47. The Kier molecular flexibility index (Phi) is 4.89. The van der Waals surface area contributed by atoms with E-state index in [1.807, 2.05) is 36.2 Å². The summed E-state index contributed by atoms with van der Waals surface area (Å²) in [6.07, 6.45) is 2.25. The lowest BCUT2D eigenvalue weighted by Gasteiger charge is -2.36. The van der Waals surface area contributed by atoms with Crippen LogP contribution in [-0.4, -0.2) is 39.5 Å². The summed E-state index contributed by atoms with van der Waals surface area (Å²) in [7, 11) is 1.88. The van der Waals surface area contributed by atoms with Crippen LogP contribution < -0.4 is 0 Å². The zero-order chi connectivity index (χ0) is 23.5. The molecule has 1 saturated carbocycles. The number of likely N-dealkylation sites (N-methyl/N-ethyl adjacent to an activating group) is 1. The Morgan fingerprint density at radius 1 is 1.15 bits per heavy atom. The average molecular weight is 449 g/mol. The Morgan fingerprint density at radius 2 is 1.82 bits per heavy atom. The molecule has 1 fully saturated rings. The third kappa shape index (κ3) is 3.26. The molecule has 0 spiro atoms. The summed E-state index contributed by atoms with van der Waals surface area (Å²) in [6, 6.07) is 14.3. The van der Waals surface area contributed by atoms with E-state index in [2.05, 4.69) is 18.4 Å². The van der Waals surface area contributed by atoms with Crippen LogP contribution in [0.5, 0.6) is 0 Å². The molecule has 5 nitrogen and oxygen atoms in total. The number of aromatic nitrogens is 1. The SMILES string of the molecule is CN(C(=O)C1(c2ccc(F)cc2)CC1(C)C)C1CCc2c(CC(=O)O)c3ccccc3n2C1. The van der Waals surface area contributed by atoms with Crippen molar-refractivity contribution >= 4 is 22.8 Å². The molecule has 172 valence electrons. The molecule has 0 saturated heterocycles. The largest absolute Gasteiger partial charge is 0.481 e. The first-order valence-corrected chi connectivity index (χ1v) is 11.5. The molecule has 1 aliphatic heterocycles. The van der Waals surface area contributed by atoms with Crippen LogP contribution in [0.15, 0.2) is 48.5 Å². The Bertz CT molecular complexity index is 1260. The van der Waals surface area contributed by atoms with Gasteiger partial charge in [-0.3, -0.25) is 9.59 Å². The molecule has 1 amide bonds. The maximum Gasteiger partial charge on any atom is 0.307 e. The quantitative estimate of drug-likeness (QED) is 0.623. The number of aliphatic carboxylic acids is 1. The maximum absolute atomic E-state index is 13.9. The first-order chi connectivity index (χ1) is 15.7. The minimum atomic E-state index is -0.833. The summed E-state index contributed by atoms with van der Waals surface area (Å²) in [6.45, 7) is 4.83. The highest BCUT2D eigenvalue weighted by Crippen LogP contribution is 2.65. The smallest absolute Gasteiger partial charge is 0.307 e. The van der Waals surface area contributed by atoms with Crippen LogP contribution in [0.3, 0.4) is 0 Å². The van der Waals surface area contributed by atoms with Gasteiger partial charge in [-0.25, -0.2) is 4.39 Å². The van der Waals surface area contributed by atoms with Gasteiger partial charge in [0, 0.05) is 36.2 Å². The molecule has 2 aromatic carbocycles. The molecule has 1 N–H and O–H groups in total. The van der Waals surface area contributed by atoms with Gasteiger partial charge in [0.05, 0.1) is 11.8 Å². The molecule has 3 aromatic rings. The monoisotopic (exact) mass is 448 g/mol. The molecular weight excluding hydrogens is 419 g/mol. The van der Waals surface area contributed by atoms with Crippen molar-refractivity contribution in [2.24, 2.45) is 5.41 Å². The number of para-hydroxylation sites is 1. The molecule has 2 aliphatic rings. The van der Waals surface area contributed by atoms with Gasteiger partial charge in [0.2, 0.25) is 5.91 Å². The predicted octanol–water partition coefficient (Wildman–Crippen LogP) is 4.55. The lowest BCUT2D eigenvalue weighted by molar-refractivity contribution is -0.137. The van der Waals surface area contributed by atoms with Crippen LogP contribution in [0.4, 0.5) is 4.39 Å². The van der Waals surface area contributed by atoms with Gasteiger partial charge >= 0.3 is 5.97 Å². The Morgan fingerprint density at radius 3 is 2.45 bits per heavy atom. The summed E-state index contributed by atoms with van der Waals surface area (Å²) in [5.41, 5.74) is 3.02. The van der Waals surface area contributed by atoms with Gasteiger partial charge in [-0.05, 0) is 54.0 Å². The van der Waals surface area contributed by atoms with Gasteiger partial charge in [0.15, 0.2) is 0 Å². The van der Waals surface area contributed by atoms with Crippen molar-refractivity contribution in [2.75, 3.05) is 7.05 Å². The number of hydrogen-bond acceptors (Lipinski definition) is 2. The lowest BCUT2D eigenvalue weighted by atomic mass is 9.85. The summed E-state index contributed by atoms with van der Waals surface area (Å²) in [5, 5.41) is 10.4. The number of hydrogen-bond donors (Lipinski definition) is 1. The number of fused-ring (bicyclic) bond motifs is 3. The summed E-state index contributed by atoms with van der Waals surface area (Å²) >= 11 is 0. The van der Waals surface area contributed by atoms with Crippen molar-refractivity contribution in [3.63, 3.8) is 0 Å². The predicted molar refractivity (Wildman–Crippen MR) is 125 cm³/mol. The van der Waals surface area contributed by atoms with Crippen molar-refractivity contribution < 1.29 is 19.1 Å². The average Bonchev–Trinajstić information content (AvgIpc) is 3.26. The molecule has 2 heterocycles. The van der Waals surface area contributed by atoms with E-state index < -0.39 is 11.4 Å². The van der Waals surface area contributed by atoms with Gasteiger partial charge in [-0.15, -0.1) is 0 Å². The molecule has 5 rings (SSSR count). The van der Waals surface area contributed by atoms with Crippen LogP contribution in [0.1, 0.15) is 43.5 Å². The topological polar surface area (TPSA) is 62.5 Å². The molecular formula is C27H29FN2O3. The van der Waals surface area contributed by atoms with Crippen molar-refractivity contribution in [1.29, 1.82) is 0 Å². The minimum absolute atomic E-state index is 0.00412. The van der Waals surface area contributed by atoms with Gasteiger partial charge in [-0.1, -0.05) is 44.2 Å². The van der Waals surface area contributed by atoms with E-state index in [0.717, 1.165) is 47.0 Å². The van der Waals surface area contributed by atoms with Gasteiger partial charge < -0.3 is 14.6 Å². The molecule has 6 heteroatoms. The van der Waals surface area contributed by atoms with E-state index in [9.17, 15) is 19.1 Å². The number of nitrogens with zero attached hydrogens (tertiary/aromatic N) is 2. The normalized spacial score (nSPS) is 23.2. The van der Waals surface area contributed by atoms with E-state index in [0.29, 0.717) is 6.54 Å². The molecule has 2 atom stereocenters. The zero-order valence-electron chi connectivity index (χ0n) is 19.3. The number of carbonyl (C=O) groups is 2. The van der Waals surface area contributed by atoms with Crippen LogP contribution >= 0.6 is 0 Å². The number of rotatable bonds is 5. The standard InChI is InChI=1S/C27H29FN2O3/c1-26(2)16-27(26,17-8-10-18(28)11-9-17)25(33)29(3)19-12-13-23-21(14-24(31)32)20-6-4-5-7-22(20)30(23)15-19/h4-11,19H,12-16H2,1-3H3,(H,31,32). The third-order valence-electron chi connectivity index (χ3n) is 7.94. The first kappa shape index (κ1) is 21.7. The van der Waals surface area contributed by atoms with E-state index in [1.165, 1.54) is 12.1 Å². The fraction of sp³-hybridized carbons (Fsp3) is 0.407. The second-order valence-electron chi connectivity index (χ2n) is 10.2. The number of halogens is 1. The van der Waals surface area contributed by atoms with Gasteiger partial charge in [-0.2, -0.15) is 0 Å². The first-order valence-electron chi connectivity index (χ1n) is 11.5. The highest BCUT2D eigenvalue weighted by atomic mass is 19.1. The molecule has 33 heavy (non-hydrogen) atoms. The zero-order valence-corrected chi connectivity index (χ0v) is 19.3. The van der Waals surface area contributed by atoms with Gasteiger partial charge in [0.25, 0.3) is 0 Å². The fourth-order valence-corrected chi connectivity index (χ4v) is 5.99. The minimum Gasteiger partial charge on any atom is -0.481 e. The number of carboxylic acid groups (broad SMARTS) is 1. The summed E-state index contributed by atoms with van der Waals surface area (Å²) in [4.78, 5) is 27.3. The lowest BCUT2D eigenvalue weighted by Crippen LogP contribution is -2.48. The van der Waals surface area contributed by atoms with Crippen molar-refractivity contribution in [2.45, 2.75) is 57.5 Å². The highest BCUT2D eigenvalue weighted by Gasteiger charge is 2.68. The molecule has 0 bridgehead atoms. The molecule has 1 aliphatic carbocycles. The van der Waals surface area contributed by atoms with E-state index in [-0.39, 0.29) is 29.6 Å². The van der Waals surface area contributed by atoms with E-state index in [1.54, 1.807) is 12.1 Å². The Hall–Kier alpha value is -3.15. The second-order valence-corrected chi connectivity index (χ2v) is 10.2. The number of benzene rings is 2. The molecule has 1 aromatic heterocycles. The molecule has 2 unspecified atom stereocenters. The number of amides is 1. The third-order valence-corrected chi connectivity index (χ3v) is 7.94.